The molecular weight excluding hydrogens is 217 g/mol. The third kappa shape index (κ3) is 2.13. The smallest absolute Gasteiger partial charge is 1.00 e. The van der Waals surface area contributed by atoms with E-state index in [1.165, 1.54) is 0 Å². The Morgan fingerprint density at radius 1 is 0.889 bits per heavy atom. The second kappa shape index (κ2) is 5.26. The van der Waals surface area contributed by atoms with Crippen LogP contribution in [0.2, 0.25) is 0 Å². The largest absolute Gasteiger partial charge is 1.00 e. The van der Waals surface area contributed by atoms with E-state index in [4.69, 9.17) is 0 Å². The maximum atomic E-state index is 9.78. The molecule has 1 N–H and O–H groups in total. The molecule has 0 spiro atoms. The molecule has 0 aliphatic rings. The van der Waals surface area contributed by atoms with Crippen LogP contribution in [-0.2, 0) is 0 Å². The molecular formula is C15H12LiNO. The van der Waals surface area contributed by atoms with Crippen LogP contribution in [0.3, 0.4) is 0 Å². The number of nitrogens with zero attached hydrogens (tertiary/aromatic N) is 1. The van der Waals surface area contributed by atoms with Gasteiger partial charge in [-0.25, -0.2) is 0 Å². The average Bonchev–Trinajstić information content (AvgIpc) is 2.40. The van der Waals surface area contributed by atoms with E-state index in [0.717, 1.165) is 16.5 Å². The summed E-state index contributed by atoms with van der Waals surface area (Å²) in [5, 5.41) is 10.8. The maximum absolute atomic E-state index is 9.78. The number of fused-ring (bicyclic) bond motifs is 1. The van der Waals surface area contributed by atoms with E-state index in [9.17, 15) is 5.11 Å². The topological polar surface area (TPSA) is 33.1 Å². The van der Waals surface area contributed by atoms with Crippen LogP contribution in [0.15, 0.2) is 60.8 Å². The van der Waals surface area contributed by atoms with Gasteiger partial charge in [0.2, 0.25) is 0 Å². The molecule has 0 fully saturated rings. The fourth-order valence-corrected chi connectivity index (χ4v) is 2.03. The van der Waals surface area contributed by atoms with Gasteiger partial charge in [-0.2, -0.15) is 0 Å². The van der Waals surface area contributed by atoms with Gasteiger partial charge < -0.3 is 6.53 Å². The SMILES string of the molecule is Oc1cccc2c(-c3ccccc3)ccnc12.[H-].[Li+]. The minimum absolute atomic E-state index is 0. The first-order chi connectivity index (χ1) is 8.36. The molecule has 1 aromatic heterocycles. The average molecular weight is 229 g/mol. The van der Waals surface area contributed by atoms with Crippen molar-refractivity contribution >= 4 is 10.9 Å². The number of para-hydroxylation sites is 1. The van der Waals surface area contributed by atoms with Gasteiger partial charge in [-0.05, 0) is 23.3 Å². The zero-order valence-electron chi connectivity index (χ0n) is 11.2. The summed E-state index contributed by atoms with van der Waals surface area (Å²) < 4.78 is 0. The van der Waals surface area contributed by atoms with Crippen molar-refractivity contribution in [3.63, 3.8) is 0 Å². The maximum Gasteiger partial charge on any atom is 1.00 e. The first-order valence-electron chi connectivity index (χ1n) is 5.48. The number of phenols is 1. The van der Waals surface area contributed by atoms with Crippen LogP contribution < -0.4 is 18.9 Å². The summed E-state index contributed by atoms with van der Waals surface area (Å²) in [7, 11) is 0. The summed E-state index contributed by atoms with van der Waals surface area (Å²) >= 11 is 0. The quantitative estimate of drug-likeness (QED) is 0.624. The van der Waals surface area contributed by atoms with Gasteiger partial charge in [-0.15, -0.1) is 0 Å². The van der Waals surface area contributed by atoms with Crippen LogP contribution in [0, 0.1) is 0 Å². The van der Waals surface area contributed by atoms with Crippen molar-refractivity contribution < 1.29 is 25.4 Å². The molecule has 84 valence electrons. The number of aromatic nitrogens is 1. The van der Waals surface area contributed by atoms with Crippen LogP contribution in [0.25, 0.3) is 22.0 Å². The Hall–Kier alpha value is -1.75. The van der Waals surface area contributed by atoms with E-state index in [-0.39, 0.29) is 26.0 Å². The van der Waals surface area contributed by atoms with Gasteiger partial charge >= 0.3 is 18.9 Å². The van der Waals surface area contributed by atoms with Crippen LogP contribution >= 0.6 is 0 Å². The van der Waals surface area contributed by atoms with Crippen molar-refractivity contribution in [2.45, 2.75) is 0 Å². The van der Waals surface area contributed by atoms with E-state index in [1.807, 2.05) is 36.4 Å². The minimum atomic E-state index is 0. The number of hydrogen-bond acceptors (Lipinski definition) is 2. The molecule has 0 unspecified atom stereocenters. The van der Waals surface area contributed by atoms with E-state index in [1.54, 1.807) is 12.3 Å². The summed E-state index contributed by atoms with van der Waals surface area (Å²) in [6, 6.07) is 17.5. The molecule has 0 bridgehead atoms. The third-order valence-electron chi connectivity index (χ3n) is 2.83. The van der Waals surface area contributed by atoms with Crippen molar-refractivity contribution in [1.29, 1.82) is 0 Å². The number of rotatable bonds is 1. The molecule has 0 saturated heterocycles. The Labute approximate surface area is 119 Å². The number of aromatic hydroxyl groups is 1. The van der Waals surface area contributed by atoms with Gasteiger partial charge in [0, 0.05) is 11.6 Å². The van der Waals surface area contributed by atoms with E-state index in [0.29, 0.717) is 5.52 Å². The Kier molecular flexibility index (Phi) is 3.71. The number of phenolic OH excluding ortho intramolecular Hbond substituents is 1. The predicted octanol–water partition coefficient (Wildman–Crippen LogP) is 0.724. The van der Waals surface area contributed by atoms with Crippen molar-refractivity contribution in [3.05, 3.63) is 60.8 Å². The molecule has 3 rings (SSSR count). The van der Waals surface area contributed by atoms with Crippen molar-refractivity contribution in [1.82, 2.24) is 4.98 Å². The zero-order valence-corrected chi connectivity index (χ0v) is 10.2. The molecule has 1 heterocycles. The molecule has 0 aliphatic heterocycles. The predicted molar refractivity (Wildman–Crippen MR) is 70.0 cm³/mol. The fraction of sp³-hybridized carbons (Fsp3) is 0. The van der Waals surface area contributed by atoms with Crippen LogP contribution in [0.5, 0.6) is 5.75 Å². The number of benzene rings is 2. The molecule has 2 nitrogen and oxygen atoms in total. The first kappa shape index (κ1) is 12.7. The Morgan fingerprint density at radius 2 is 1.67 bits per heavy atom. The zero-order chi connectivity index (χ0) is 11.7. The second-order valence-corrected chi connectivity index (χ2v) is 3.90. The molecule has 0 atom stereocenters. The molecule has 2 aromatic carbocycles. The Morgan fingerprint density at radius 3 is 2.44 bits per heavy atom. The van der Waals surface area contributed by atoms with Gasteiger partial charge in [0.05, 0.1) is 0 Å². The van der Waals surface area contributed by atoms with Crippen LogP contribution in [0.4, 0.5) is 0 Å². The van der Waals surface area contributed by atoms with Crippen LogP contribution in [-0.4, -0.2) is 10.1 Å². The summed E-state index contributed by atoms with van der Waals surface area (Å²) in [4.78, 5) is 4.22. The van der Waals surface area contributed by atoms with Gasteiger partial charge in [-0.3, -0.25) is 4.98 Å². The number of hydrogen-bond donors (Lipinski definition) is 1. The molecule has 3 heteroatoms. The van der Waals surface area contributed by atoms with Gasteiger partial charge in [-0.1, -0.05) is 42.5 Å². The monoisotopic (exact) mass is 229 g/mol. The normalized spacial score (nSPS) is 10.0. The van der Waals surface area contributed by atoms with Gasteiger partial charge in [0.1, 0.15) is 11.3 Å². The molecule has 0 saturated carbocycles. The molecule has 0 aliphatic carbocycles. The summed E-state index contributed by atoms with van der Waals surface area (Å²) in [5.74, 6) is 0.222. The molecule has 3 aromatic rings. The van der Waals surface area contributed by atoms with Crippen molar-refractivity contribution in [2.24, 2.45) is 0 Å². The van der Waals surface area contributed by atoms with Gasteiger partial charge in [0.25, 0.3) is 0 Å². The summed E-state index contributed by atoms with van der Waals surface area (Å²) in [6.07, 6.45) is 1.73. The van der Waals surface area contributed by atoms with Gasteiger partial charge in [0.15, 0.2) is 0 Å². The molecule has 0 amide bonds. The molecule has 18 heavy (non-hydrogen) atoms. The third-order valence-corrected chi connectivity index (χ3v) is 2.83. The van der Waals surface area contributed by atoms with E-state index in [2.05, 4.69) is 17.1 Å². The molecule has 0 radical (unpaired) electrons. The summed E-state index contributed by atoms with van der Waals surface area (Å²) in [5.41, 5.74) is 2.87. The minimum Gasteiger partial charge on any atom is -1.00 e. The second-order valence-electron chi connectivity index (χ2n) is 3.90. The van der Waals surface area contributed by atoms with Crippen molar-refractivity contribution in [3.8, 4) is 16.9 Å². The van der Waals surface area contributed by atoms with Crippen LogP contribution in [0.1, 0.15) is 1.43 Å². The fourth-order valence-electron chi connectivity index (χ4n) is 2.03. The van der Waals surface area contributed by atoms with E-state index < -0.39 is 0 Å². The van der Waals surface area contributed by atoms with Crippen molar-refractivity contribution in [2.75, 3.05) is 0 Å². The first-order valence-corrected chi connectivity index (χ1v) is 5.48. The summed E-state index contributed by atoms with van der Waals surface area (Å²) in [6.45, 7) is 0. The number of pyridine rings is 1. The Bertz CT molecular complexity index is 673. The Balaban J connectivity index is 0.000000902. The van der Waals surface area contributed by atoms with E-state index >= 15 is 0 Å². The standard InChI is InChI=1S/C15H11NO.Li.H/c17-14-8-4-7-13-12(9-10-16-15(13)14)11-5-2-1-3-6-11;;/h1-10,17H;;/q;+1;-1.